The van der Waals surface area contributed by atoms with Gasteiger partial charge in [-0.15, -0.1) is 0 Å². The minimum atomic E-state index is -0.158. The number of aromatic nitrogens is 2. The lowest BCUT2D eigenvalue weighted by molar-refractivity contribution is 0.350. The van der Waals surface area contributed by atoms with Gasteiger partial charge in [0.2, 0.25) is 0 Å². The summed E-state index contributed by atoms with van der Waals surface area (Å²) in [5, 5.41) is 13.6. The molecule has 0 aliphatic heterocycles. The number of nitrogens with zero attached hydrogens (tertiary/aromatic N) is 2. The fourth-order valence-electron chi connectivity index (χ4n) is 3.53. The van der Waals surface area contributed by atoms with E-state index in [-0.39, 0.29) is 6.61 Å². The number of rotatable bonds is 2. The molecule has 1 aromatic heterocycles. The highest BCUT2D eigenvalue weighted by Gasteiger charge is 2.26. The topological polar surface area (TPSA) is 90.1 Å². The zero-order valence-electron chi connectivity index (χ0n) is 14.9. The third-order valence-corrected chi connectivity index (χ3v) is 4.74. The van der Waals surface area contributed by atoms with E-state index in [0.29, 0.717) is 5.70 Å². The van der Waals surface area contributed by atoms with Crippen LogP contribution in [0.5, 0.6) is 0 Å². The third-order valence-electron chi connectivity index (χ3n) is 4.74. The van der Waals surface area contributed by atoms with Crippen LogP contribution in [0.4, 0.5) is 5.69 Å². The van der Waals surface area contributed by atoms with Crippen LogP contribution in [0.3, 0.4) is 0 Å². The Morgan fingerprint density at radius 2 is 1.96 bits per heavy atom. The summed E-state index contributed by atoms with van der Waals surface area (Å²) in [6.45, 7) is 3.74. The molecular formula is C22H20N4O. The number of anilines is 1. The number of aryl methyl sites for hydroxylation is 1. The number of hydrogen-bond donors (Lipinski definition) is 3. The van der Waals surface area contributed by atoms with Crippen LogP contribution in [-0.2, 0) is 12.8 Å². The van der Waals surface area contributed by atoms with Crippen LogP contribution in [0.15, 0.2) is 49.0 Å². The monoisotopic (exact) mass is 356 g/mol. The summed E-state index contributed by atoms with van der Waals surface area (Å²) in [6, 6.07) is 13.7. The van der Waals surface area contributed by atoms with Crippen molar-refractivity contribution in [2.24, 2.45) is 5.73 Å². The summed E-state index contributed by atoms with van der Waals surface area (Å²) in [6.07, 6.45) is 1.78. The normalized spacial score (nSPS) is 11.9. The van der Waals surface area contributed by atoms with Gasteiger partial charge in [-0.3, -0.25) is 0 Å². The summed E-state index contributed by atoms with van der Waals surface area (Å²) >= 11 is 0. The molecule has 0 radical (unpaired) electrons. The summed E-state index contributed by atoms with van der Waals surface area (Å²) in [5.74, 6) is 5.55. The molecule has 5 N–H and O–H groups in total. The Morgan fingerprint density at radius 1 is 1.19 bits per heavy atom. The Morgan fingerprint density at radius 3 is 2.67 bits per heavy atom. The zero-order valence-corrected chi connectivity index (χ0v) is 14.9. The number of nitrogen functional groups attached to an aromatic ring is 1. The highest BCUT2D eigenvalue weighted by molar-refractivity contribution is 5.79. The van der Waals surface area contributed by atoms with Crippen molar-refractivity contribution in [1.29, 1.82) is 0 Å². The first-order valence-electron chi connectivity index (χ1n) is 8.74. The van der Waals surface area contributed by atoms with Crippen LogP contribution in [-0.4, -0.2) is 21.5 Å². The van der Waals surface area contributed by atoms with Crippen molar-refractivity contribution < 1.29 is 5.11 Å². The van der Waals surface area contributed by atoms with Gasteiger partial charge in [0.15, 0.2) is 0 Å². The van der Waals surface area contributed by atoms with Crippen molar-refractivity contribution in [3.05, 3.63) is 71.4 Å². The summed E-state index contributed by atoms with van der Waals surface area (Å²) < 4.78 is 1.91. The van der Waals surface area contributed by atoms with Crippen LogP contribution in [0, 0.1) is 11.8 Å². The van der Waals surface area contributed by atoms with Gasteiger partial charge in [-0.2, -0.15) is 5.10 Å². The number of fused-ring (bicyclic) bond motifs is 3. The Kier molecular flexibility index (Phi) is 4.19. The number of aliphatic hydroxyl groups is 1. The van der Waals surface area contributed by atoms with Crippen molar-refractivity contribution in [3.63, 3.8) is 0 Å². The maximum absolute atomic E-state index is 8.84. The highest BCUT2D eigenvalue weighted by atomic mass is 16.2. The van der Waals surface area contributed by atoms with E-state index in [4.69, 9.17) is 21.7 Å². The molecule has 4 rings (SSSR count). The maximum Gasteiger partial charge on any atom is 0.112 e. The molecule has 0 amide bonds. The minimum Gasteiger partial charge on any atom is -0.399 e. The van der Waals surface area contributed by atoms with Gasteiger partial charge < -0.3 is 16.6 Å². The Balaban J connectivity index is 1.91. The second-order valence-corrected chi connectivity index (χ2v) is 6.54. The van der Waals surface area contributed by atoms with E-state index in [9.17, 15) is 0 Å². The molecule has 134 valence electrons. The van der Waals surface area contributed by atoms with Crippen molar-refractivity contribution in [2.75, 3.05) is 12.3 Å². The van der Waals surface area contributed by atoms with Crippen LogP contribution >= 0.6 is 0 Å². The predicted octanol–water partition coefficient (Wildman–Crippen LogP) is 2.49. The van der Waals surface area contributed by atoms with E-state index >= 15 is 0 Å². The molecule has 2 aromatic carbocycles. The van der Waals surface area contributed by atoms with Gasteiger partial charge in [-0.25, -0.2) is 4.68 Å². The van der Waals surface area contributed by atoms with Crippen molar-refractivity contribution >= 4 is 11.4 Å². The number of nitrogens with two attached hydrogens (primary N) is 2. The molecule has 0 atom stereocenters. The van der Waals surface area contributed by atoms with Crippen LogP contribution < -0.4 is 11.5 Å². The quantitative estimate of drug-likeness (QED) is 0.486. The van der Waals surface area contributed by atoms with Crippen LogP contribution in [0.25, 0.3) is 22.6 Å². The SMILES string of the molecule is C=C(N)c1nn(-c2ccc(C#CCO)cc2)c2c1CCc1ccc(N)cc1-2. The molecule has 1 aliphatic rings. The van der Waals surface area contributed by atoms with E-state index in [1.165, 1.54) is 5.56 Å². The molecule has 1 heterocycles. The van der Waals surface area contributed by atoms with E-state index in [1.807, 2.05) is 41.1 Å². The smallest absolute Gasteiger partial charge is 0.112 e. The molecule has 5 heteroatoms. The number of benzene rings is 2. The van der Waals surface area contributed by atoms with Gasteiger partial charge in [0.05, 0.1) is 17.1 Å². The first kappa shape index (κ1) is 17.0. The average molecular weight is 356 g/mol. The largest absolute Gasteiger partial charge is 0.399 e. The van der Waals surface area contributed by atoms with Gasteiger partial charge in [0.1, 0.15) is 12.3 Å². The van der Waals surface area contributed by atoms with Gasteiger partial charge in [-0.1, -0.05) is 24.5 Å². The summed E-state index contributed by atoms with van der Waals surface area (Å²) in [4.78, 5) is 0. The second-order valence-electron chi connectivity index (χ2n) is 6.54. The van der Waals surface area contributed by atoms with Crippen molar-refractivity contribution in [2.45, 2.75) is 12.8 Å². The lowest BCUT2D eigenvalue weighted by Gasteiger charge is -2.19. The molecule has 0 unspecified atom stereocenters. The van der Waals surface area contributed by atoms with E-state index in [1.54, 1.807) is 0 Å². The first-order valence-corrected chi connectivity index (χ1v) is 8.74. The van der Waals surface area contributed by atoms with E-state index < -0.39 is 0 Å². The molecule has 0 saturated heterocycles. The lowest BCUT2D eigenvalue weighted by atomic mass is 9.88. The molecule has 1 aliphatic carbocycles. The molecule has 0 bridgehead atoms. The van der Waals surface area contributed by atoms with Crippen molar-refractivity contribution in [1.82, 2.24) is 9.78 Å². The average Bonchev–Trinajstić information content (AvgIpc) is 3.07. The standard InChI is InChI=1S/C22H20N4O/c1-14(23)21-19-11-7-16-6-8-17(24)13-20(16)22(19)26(25-21)18-9-4-15(5-10-18)3-2-12-27/h4-6,8-10,13,27H,1,7,11-12,23-24H2. The molecule has 27 heavy (non-hydrogen) atoms. The zero-order chi connectivity index (χ0) is 19.0. The van der Waals surface area contributed by atoms with Crippen LogP contribution in [0.1, 0.15) is 22.4 Å². The van der Waals surface area contributed by atoms with Gasteiger partial charge >= 0.3 is 0 Å². The Bertz CT molecular complexity index is 1100. The molecule has 0 saturated carbocycles. The second kappa shape index (κ2) is 6.67. The van der Waals surface area contributed by atoms with Gasteiger partial charge in [0, 0.05) is 22.4 Å². The predicted molar refractivity (Wildman–Crippen MR) is 108 cm³/mol. The van der Waals surface area contributed by atoms with Crippen LogP contribution in [0.2, 0.25) is 0 Å². The molecule has 5 nitrogen and oxygen atoms in total. The molecule has 0 spiro atoms. The summed E-state index contributed by atoms with van der Waals surface area (Å²) in [7, 11) is 0. The van der Waals surface area contributed by atoms with Gasteiger partial charge in [0.25, 0.3) is 0 Å². The fraction of sp³-hybridized carbons (Fsp3) is 0.136. The van der Waals surface area contributed by atoms with E-state index in [0.717, 1.165) is 52.3 Å². The number of aliphatic hydroxyl groups excluding tert-OH is 1. The van der Waals surface area contributed by atoms with E-state index in [2.05, 4.69) is 24.5 Å². The first-order chi connectivity index (χ1) is 13.1. The third kappa shape index (κ3) is 2.97. The highest BCUT2D eigenvalue weighted by Crippen LogP contribution is 2.38. The maximum atomic E-state index is 8.84. The minimum absolute atomic E-state index is 0.158. The Hall–Kier alpha value is -3.49. The van der Waals surface area contributed by atoms with Crippen molar-refractivity contribution in [3.8, 4) is 28.8 Å². The number of hydrogen-bond acceptors (Lipinski definition) is 4. The summed E-state index contributed by atoms with van der Waals surface area (Å²) in [5.41, 5.74) is 20.2. The molecular weight excluding hydrogens is 336 g/mol. The van der Waals surface area contributed by atoms with Gasteiger partial charge in [-0.05, 0) is 54.8 Å². The molecule has 3 aromatic rings. The fourth-order valence-corrected chi connectivity index (χ4v) is 3.53. The lowest BCUT2D eigenvalue weighted by Crippen LogP contribution is -2.08. The molecule has 0 fully saturated rings. The Labute approximate surface area is 157 Å².